The molecular weight excluding hydrogens is 115 g/mol. The molecule has 0 saturated heterocycles. The standard InChI is InChI=1S/C4H6N2O.Na.H/c7-4-6-2-1-5-3-6;;/h1-3,7H,4H2;;/q;+1;-1. The summed E-state index contributed by atoms with van der Waals surface area (Å²) in [6.45, 7) is 0.0139. The average molecular weight is 122 g/mol. The van der Waals surface area contributed by atoms with Gasteiger partial charge in [0, 0.05) is 12.4 Å². The first-order valence-electron chi connectivity index (χ1n) is 2.00. The summed E-state index contributed by atoms with van der Waals surface area (Å²) in [6, 6.07) is 0. The minimum atomic E-state index is 0. The zero-order valence-electron chi connectivity index (χ0n) is 5.78. The van der Waals surface area contributed by atoms with Gasteiger partial charge in [0.15, 0.2) is 0 Å². The van der Waals surface area contributed by atoms with Crippen LogP contribution in [0, 0.1) is 0 Å². The van der Waals surface area contributed by atoms with Gasteiger partial charge in [0.1, 0.15) is 6.73 Å². The molecule has 0 amide bonds. The van der Waals surface area contributed by atoms with Gasteiger partial charge in [0.05, 0.1) is 6.33 Å². The van der Waals surface area contributed by atoms with Crippen molar-refractivity contribution in [2.75, 3.05) is 0 Å². The van der Waals surface area contributed by atoms with Crippen LogP contribution in [-0.4, -0.2) is 14.7 Å². The molecule has 0 bridgehead atoms. The molecule has 8 heavy (non-hydrogen) atoms. The van der Waals surface area contributed by atoms with E-state index in [0.29, 0.717) is 0 Å². The Balaban J connectivity index is 0. The molecule has 0 aliphatic carbocycles. The Bertz CT molecular complexity index is 133. The van der Waals surface area contributed by atoms with E-state index in [1.807, 2.05) is 0 Å². The Labute approximate surface area is 71.1 Å². The first kappa shape index (κ1) is 8.17. The van der Waals surface area contributed by atoms with Gasteiger partial charge in [-0.1, -0.05) is 0 Å². The third-order valence-corrected chi connectivity index (χ3v) is 0.722. The van der Waals surface area contributed by atoms with Crippen LogP contribution >= 0.6 is 0 Å². The fourth-order valence-electron chi connectivity index (χ4n) is 0.370. The summed E-state index contributed by atoms with van der Waals surface area (Å²) in [5.41, 5.74) is 0. The maximum atomic E-state index is 8.35. The summed E-state index contributed by atoms with van der Waals surface area (Å²) in [4.78, 5) is 3.70. The SMILES string of the molecule is OCn1ccnc1.[H-].[Na+]. The molecule has 40 valence electrons. The van der Waals surface area contributed by atoms with E-state index in [4.69, 9.17) is 5.11 Å². The topological polar surface area (TPSA) is 38.0 Å². The molecule has 0 fully saturated rings. The second kappa shape index (κ2) is 4.09. The summed E-state index contributed by atoms with van der Waals surface area (Å²) in [5.74, 6) is 0. The Morgan fingerprint density at radius 2 is 2.50 bits per heavy atom. The van der Waals surface area contributed by atoms with Crippen LogP contribution in [0.15, 0.2) is 18.7 Å². The van der Waals surface area contributed by atoms with Crippen molar-refractivity contribution in [3.63, 3.8) is 0 Å². The van der Waals surface area contributed by atoms with Gasteiger partial charge < -0.3 is 11.1 Å². The molecule has 0 aliphatic heterocycles. The van der Waals surface area contributed by atoms with Crippen molar-refractivity contribution < 1.29 is 36.1 Å². The number of aliphatic hydroxyl groups excluding tert-OH is 1. The predicted octanol–water partition coefficient (Wildman–Crippen LogP) is -3.05. The van der Waals surface area contributed by atoms with Crippen LogP contribution in [0.1, 0.15) is 1.43 Å². The summed E-state index contributed by atoms with van der Waals surface area (Å²) in [6.07, 6.45) is 4.87. The van der Waals surface area contributed by atoms with Crippen LogP contribution in [0.5, 0.6) is 0 Å². The van der Waals surface area contributed by atoms with Gasteiger partial charge in [0.2, 0.25) is 0 Å². The van der Waals surface area contributed by atoms with Crippen LogP contribution in [0.2, 0.25) is 0 Å². The van der Waals surface area contributed by atoms with E-state index < -0.39 is 0 Å². The van der Waals surface area contributed by atoms with Crippen LogP contribution in [0.4, 0.5) is 0 Å². The van der Waals surface area contributed by atoms with Gasteiger partial charge in [-0.15, -0.1) is 0 Å². The van der Waals surface area contributed by atoms with Gasteiger partial charge in [0.25, 0.3) is 0 Å². The van der Waals surface area contributed by atoms with Gasteiger partial charge >= 0.3 is 29.6 Å². The number of hydrogen-bond acceptors (Lipinski definition) is 2. The van der Waals surface area contributed by atoms with E-state index in [0.717, 1.165) is 0 Å². The third-order valence-electron chi connectivity index (χ3n) is 0.722. The van der Waals surface area contributed by atoms with Gasteiger partial charge in [-0.3, -0.25) is 0 Å². The van der Waals surface area contributed by atoms with Crippen molar-refractivity contribution in [1.29, 1.82) is 0 Å². The zero-order valence-corrected chi connectivity index (χ0v) is 6.78. The molecule has 1 aromatic rings. The molecule has 0 spiro atoms. The maximum Gasteiger partial charge on any atom is 1.00 e. The minimum Gasteiger partial charge on any atom is -1.00 e. The van der Waals surface area contributed by atoms with E-state index in [2.05, 4.69) is 4.98 Å². The van der Waals surface area contributed by atoms with Gasteiger partial charge in [-0.2, -0.15) is 0 Å². The number of rotatable bonds is 1. The van der Waals surface area contributed by atoms with Gasteiger partial charge in [-0.05, 0) is 0 Å². The molecule has 0 aliphatic rings. The Morgan fingerprint density at radius 3 is 2.75 bits per heavy atom. The first-order chi connectivity index (χ1) is 3.43. The molecule has 0 unspecified atom stereocenters. The Hall–Kier alpha value is 0.170. The van der Waals surface area contributed by atoms with E-state index in [1.165, 1.54) is 0 Å². The quantitative estimate of drug-likeness (QED) is 0.402. The second-order valence-corrected chi connectivity index (χ2v) is 1.22. The fourth-order valence-corrected chi connectivity index (χ4v) is 0.370. The number of aliphatic hydroxyl groups is 1. The van der Waals surface area contributed by atoms with Crippen LogP contribution < -0.4 is 29.6 Å². The predicted molar refractivity (Wildman–Crippen MR) is 25.6 cm³/mol. The molecule has 1 rings (SSSR count). The number of aromatic nitrogens is 2. The van der Waals surface area contributed by atoms with Crippen LogP contribution in [0.25, 0.3) is 0 Å². The largest absolute Gasteiger partial charge is 1.00 e. The van der Waals surface area contributed by atoms with Crippen molar-refractivity contribution in [3.05, 3.63) is 18.7 Å². The van der Waals surface area contributed by atoms with Gasteiger partial charge in [-0.25, -0.2) is 4.98 Å². The summed E-state index contributed by atoms with van der Waals surface area (Å²) in [5, 5.41) is 8.35. The molecule has 4 heteroatoms. The van der Waals surface area contributed by atoms with Crippen molar-refractivity contribution in [1.82, 2.24) is 9.55 Å². The van der Waals surface area contributed by atoms with Crippen molar-refractivity contribution in [3.8, 4) is 0 Å². The average Bonchev–Trinajstić information content (AvgIpc) is 2.14. The third kappa shape index (κ3) is 1.96. The summed E-state index contributed by atoms with van der Waals surface area (Å²) >= 11 is 0. The molecule has 0 radical (unpaired) electrons. The Kier molecular flexibility index (Phi) is 4.18. The number of hydrogen-bond donors (Lipinski definition) is 1. The van der Waals surface area contributed by atoms with E-state index >= 15 is 0 Å². The van der Waals surface area contributed by atoms with Crippen molar-refractivity contribution >= 4 is 0 Å². The second-order valence-electron chi connectivity index (χ2n) is 1.22. The van der Waals surface area contributed by atoms with Crippen LogP contribution in [-0.2, 0) is 6.73 Å². The molecule has 1 N–H and O–H groups in total. The number of nitrogens with zero attached hydrogens (tertiary/aromatic N) is 2. The zero-order chi connectivity index (χ0) is 5.11. The molecule has 0 saturated carbocycles. The molecule has 3 nitrogen and oxygen atoms in total. The normalized spacial score (nSPS) is 8.12. The van der Waals surface area contributed by atoms with E-state index in [9.17, 15) is 0 Å². The molecule has 0 atom stereocenters. The minimum absolute atomic E-state index is 0. The fraction of sp³-hybridized carbons (Fsp3) is 0.250. The monoisotopic (exact) mass is 122 g/mol. The van der Waals surface area contributed by atoms with E-state index in [1.54, 1.807) is 23.3 Å². The Morgan fingerprint density at radius 1 is 1.75 bits per heavy atom. The smallest absolute Gasteiger partial charge is 1.00 e. The number of imidazole rings is 1. The van der Waals surface area contributed by atoms with E-state index in [-0.39, 0.29) is 37.7 Å². The molecule has 0 aromatic carbocycles. The maximum absolute atomic E-state index is 8.35. The molecular formula is C4H7N2NaO. The summed E-state index contributed by atoms with van der Waals surface area (Å²) < 4.78 is 1.57. The van der Waals surface area contributed by atoms with Crippen molar-refractivity contribution in [2.24, 2.45) is 0 Å². The van der Waals surface area contributed by atoms with Crippen molar-refractivity contribution in [2.45, 2.75) is 6.73 Å². The van der Waals surface area contributed by atoms with Crippen LogP contribution in [0.3, 0.4) is 0 Å². The summed E-state index contributed by atoms with van der Waals surface area (Å²) in [7, 11) is 0. The molecule has 1 aromatic heterocycles. The molecule has 1 heterocycles. The first-order valence-corrected chi connectivity index (χ1v) is 2.00.